The fourth-order valence-electron chi connectivity index (χ4n) is 3.96. The van der Waals surface area contributed by atoms with E-state index in [1.807, 2.05) is 53.4 Å². The van der Waals surface area contributed by atoms with E-state index in [-0.39, 0.29) is 11.9 Å². The first-order valence-corrected chi connectivity index (χ1v) is 10.3. The molecule has 2 aromatic rings. The Kier molecular flexibility index (Phi) is 5.96. The Morgan fingerprint density at radius 1 is 0.967 bits per heavy atom. The number of carbonyl (C=O) groups excluding carboxylic acids is 2. The normalized spacial score (nSPS) is 17.4. The number of hydrogen-bond acceptors (Lipinski definition) is 4. The van der Waals surface area contributed by atoms with Gasteiger partial charge in [0.15, 0.2) is 0 Å². The van der Waals surface area contributed by atoms with Crippen LogP contribution in [0.4, 0.5) is 10.5 Å². The lowest BCUT2D eigenvalue weighted by Crippen LogP contribution is -2.35. The average Bonchev–Trinajstić information content (AvgIpc) is 3.07. The number of nitrogens with one attached hydrogen (secondary N) is 1. The van der Waals surface area contributed by atoms with E-state index in [1.54, 1.807) is 4.90 Å². The van der Waals surface area contributed by atoms with Gasteiger partial charge in [-0.3, -0.25) is 14.6 Å². The lowest BCUT2D eigenvalue weighted by molar-refractivity contribution is 0.0761. The van der Waals surface area contributed by atoms with Crippen LogP contribution in [0.5, 0.6) is 0 Å². The van der Waals surface area contributed by atoms with Gasteiger partial charge in [-0.2, -0.15) is 5.26 Å². The van der Waals surface area contributed by atoms with Crippen LogP contribution in [-0.2, 0) is 6.54 Å². The molecule has 0 aliphatic carbocycles. The number of rotatable bonds is 4. The summed E-state index contributed by atoms with van der Waals surface area (Å²) in [4.78, 5) is 30.7. The molecule has 3 amide bonds. The highest BCUT2D eigenvalue weighted by molar-refractivity contribution is 5.97. The Morgan fingerprint density at radius 3 is 2.40 bits per heavy atom. The van der Waals surface area contributed by atoms with Gasteiger partial charge in [0, 0.05) is 57.1 Å². The largest absolute Gasteiger partial charge is 0.337 e. The van der Waals surface area contributed by atoms with Crippen LogP contribution in [0, 0.1) is 11.3 Å². The lowest BCUT2D eigenvalue weighted by Gasteiger charge is -2.22. The first-order chi connectivity index (χ1) is 14.6. The summed E-state index contributed by atoms with van der Waals surface area (Å²) >= 11 is 0. The van der Waals surface area contributed by atoms with Crippen molar-refractivity contribution in [1.29, 1.82) is 5.26 Å². The molecule has 2 fully saturated rings. The third-order valence-corrected chi connectivity index (χ3v) is 5.65. The Morgan fingerprint density at radius 2 is 1.73 bits per heavy atom. The second-order valence-corrected chi connectivity index (χ2v) is 7.66. The summed E-state index contributed by atoms with van der Waals surface area (Å²) in [7, 11) is 0. The van der Waals surface area contributed by atoms with Gasteiger partial charge in [0.05, 0.1) is 11.6 Å². The van der Waals surface area contributed by atoms with Crippen LogP contribution >= 0.6 is 0 Å². The maximum atomic E-state index is 13.0. The highest BCUT2D eigenvalue weighted by Gasteiger charge is 2.23. The summed E-state index contributed by atoms with van der Waals surface area (Å²) < 4.78 is 0. The van der Waals surface area contributed by atoms with Crippen LogP contribution in [0.2, 0.25) is 0 Å². The molecule has 0 atom stereocenters. The van der Waals surface area contributed by atoms with Crippen molar-refractivity contribution >= 4 is 17.6 Å². The van der Waals surface area contributed by atoms with Crippen LogP contribution in [0.1, 0.15) is 27.9 Å². The molecule has 30 heavy (non-hydrogen) atoms. The van der Waals surface area contributed by atoms with E-state index in [1.165, 1.54) is 5.56 Å². The number of benzene rings is 2. The van der Waals surface area contributed by atoms with E-state index in [0.29, 0.717) is 30.8 Å². The zero-order valence-corrected chi connectivity index (χ0v) is 16.9. The molecule has 2 aromatic carbocycles. The van der Waals surface area contributed by atoms with Crippen molar-refractivity contribution in [3.8, 4) is 6.07 Å². The SMILES string of the molecule is N#Cc1ccc(CN2CCCN(C(=O)c3ccc(N4CCNC4=O)cc3)CC2)cc1. The molecule has 2 heterocycles. The Bertz CT molecular complexity index is 949. The minimum Gasteiger partial charge on any atom is -0.337 e. The van der Waals surface area contributed by atoms with Crippen molar-refractivity contribution in [2.45, 2.75) is 13.0 Å². The third-order valence-electron chi connectivity index (χ3n) is 5.65. The van der Waals surface area contributed by atoms with Gasteiger partial charge in [-0.1, -0.05) is 12.1 Å². The highest BCUT2D eigenvalue weighted by Crippen LogP contribution is 2.19. The molecule has 0 unspecified atom stereocenters. The Labute approximate surface area is 176 Å². The molecule has 2 saturated heterocycles. The average molecular weight is 403 g/mol. The number of nitrogens with zero attached hydrogens (tertiary/aromatic N) is 4. The van der Waals surface area contributed by atoms with Gasteiger partial charge in [-0.05, 0) is 48.4 Å². The summed E-state index contributed by atoms with van der Waals surface area (Å²) in [6.07, 6.45) is 0.925. The summed E-state index contributed by atoms with van der Waals surface area (Å²) in [5.74, 6) is 0.0349. The quantitative estimate of drug-likeness (QED) is 0.850. The molecular formula is C23H25N5O2. The predicted octanol–water partition coefficient (Wildman–Crippen LogP) is 2.44. The fourth-order valence-corrected chi connectivity index (χ4v) is 3.96. The molecule has 0 bridgehead atoms. The molecule has 4 rings (SSSR count). The van der Waals surface area contributed by atoms with Crippen LogP contribution in [0.15, 0.2) is 48.5 Å². The number of nitriles is 1. The van der Waals surface area contributed by atoms with Gasteiger partial charge >= 0.3 is 6.03 Å². The molecule has 0 aromatic heterocycles. The van der Waals surface area contributed by atoms with Crippen molar-refractivity contribution < 1.29 is 9.59 Å². The summed E-state index contributed by atoms with van der Waals surface area (Å²) in [5, 5.41) is 11.7. The molecule has 1 N–H and O–H groups in total. The lowest BCUT2D eigenvalue weighted by atomic mass is 10.1. The van der Waals surface area contributed by atoms with Gasteiger partial charge in [0.2, 0.25) is 0 Å². The van der Waals surface area contributed by atoms with Crippen LogP contribution in [0.25, 0.3) is 0 Å². The third kappa shape index (κ3) is 4.44. The van der Waals surface area contributed by atoms with Gasteiger partial charge in [0.25, 0.3) is 5.91 Å². The standard InChI is InChI=1S/C23H25N5O2/c24-16-18-2-4-19(5-3-18)17-26-11-1-12-27(15-14-26)22(29)20-6-8-21(9-7-20)28-13-10-25-23(28)30/h2-9H,1,10-15,17H2,(H,25,30). The highest BCUT2D eigenvalue weighted by atomic mass is 16.2. The molecule has 7 heteroatoms. The van der Waals surface area contributed by atoms with Crippen LogP contribution < -0.4 is 10.2 Å². The number of amides is 3. The van der Waals surface area contributed by atoms with Crippen molar-refractivity contribution in [2.24, 2.45) is 0 Å². The van der Waals surface area contributed by atoms with Crippen LogP contribution in [0.3, 0.4) is 0 Å². The number of carbonyl (C=O) groups is 2. The van der Waals surface area contributed by atoms with E-state index < -0.39 is 0 Å². The zero-order chi connectivity index (χ0) is 20.9. The molecule has 2 aliphatic heterocycles. The summed E-state index contributed by atoms with van der Waals surface area (Å²) in [6, 6.07) is 17.0. The van der Waals surface area contributed by atoms with E-state index in [4.69, 9.17) is 5.26 Å². The smallest absolute Gasteiger partial charge is 0.321 e. The van der Waals surface area contributed by atoms with Gasteiger partial charge in [-0.15, -0.1) is 0 Å². The first kappa shape index (κ1) is 19.9. The summed E-state index contributed by atoms with van der Waals surface area (Å²) in [5.41, 5.74) is 3.31. The second kappa shape index (κ2) is 8.97. The maximum Gasteiger partial charge on any atom is 0.321 e. The molecule has 0 spiro atoms. The van der Waals surface area contributed by atoms with Crippen molar-refractivity contribution in [3.63, 3.8) is 0 Å². The van der Waals surface area contributed by atoms with Crippen molar-refractivity contribution in [1.82, 2.24) is 15.1 Å². The minimum atomic E-state index is -0.0936. The van der Waals surface area contributed by atoms with E-state index >= 15 is 0 Å². The van der Waals surface area contributed by atoms with E-state index in [9.17, 15) is 9.59 Å². The maximum absolute atomic E-state index is 13.0. The molecule has 0 saturated carbocycles. The van der Waals surface area contributed by atoms with Gasteiger partial charge in [0.1, 0.15) is 0 Å². The molecule has 154 valence electrons. The Balaban J connectivity index is 1.35. The van der Waals surface area contributed by atoms with Crippen molar-refractivity contribution in [2.75, 3.05) is 44.2 Å². The molecular weight excluding hydrogens is 378 g/mol. The summed E-state index contributed by atoms with van der Waals surface area (Å²) in [6.45, 7) is 5.29. The first-order valence-electron chi connectivity index (χ1n) is 10.3. The topological polar surface area (TPSA) is 79.7 Å². The number of urea groups is 1. The predicted molar refractivity (Wildman–Crippen MR) is 114 cm³/mol. The molecule has 2 aliphatic rings. The number of hydrogen-bond donors (Lipinski definition) is 1. The van der Waals surface area contributed by atoms with E-state index in [0.717, 1.165) is 38.3 Å². The van der Waals surface area contributed by atoms with Crippen LogP contribution in [-0.4, -0.2) is 61.0 Å². The number of anilines is 1. The molecule has 0 radical (unpaired) electrons. The van der Waals surface area contributed by atoms with Gasteiger partial charge < -0.3 is 10.2 Å². The minimum absolute atomic E-state index is 0.0349. The van der Waals surface area contributed by atoms with Crippen molar-refractivity contribution in [3.05, 3.63) is 65.2 Å². The van der Waals surface area contributed by atoms with Gasteiger partial charge in [-0.25, -0.2) is 4.79 Å². The monoisotopic (exact) mass is 403 g/mol. The fraction of sp³-hybridized carbons (Fsp3) is 0.348. The zero-order valence-electron chi connectivity index (χ0n) is 16.9. The second-order valence-electron chi connectivity index (χ2n) is 7.66. The Hall–Kier alpha value is -3.37. The van der Waals surface area contributed by atoms with E-state index in [2.05, 4.69) is 16.3 Å². The molecule has 7 nitrogen and oxygen atoms in total.